The zero-order chi connectivity index (χ0) is 32.8. The van der Waals surface area contributed by atoms with E-state index < -0.39 is 0 Å². The van der Waals surface area contributed by atoms with Crippen LogP contribution in [0.2, 0.25) is 5.02 Å². The minimum Gasteiger partial charge on any atom is -0.327 e. The number of anilines is 2. The molecule has 1 aliphatic carbocycles. The maximum atomic E-state index is 13.6. The highest BCUT2D eigenvalue weighted by Gasteiger charge is 2.31. The number of hydrogen-bond donors (Lipinski definition) is 3. The fourth-order valence-electron chi connectivity index (χ4n) is 7.59. The van der Waals surface area contributed by atoms with Crippen LogP contribution >= 0.6 is 11.6 Å². The van der Waals surface area contributed by atoms with Gasteiger partial charge >= 0.3 is 0 Å². The first-order chi connectivity index (χ1) is 22.7. The van der Waals surface area contributed by atoms with E-state index in [1.807, 2.05) is 60.5 Å². The van der Waals surface area contributed by atoms with Crippen molar-refractivity contribution >= 4 is 34.8 Å². The van der Waals surface area contributed by atoms with E-state index in [1.54, 1.807) is 6.07 Å². The molecule has 11 heteroatoms. The third kappa shape index (κ3) is 5.98. The molecular formula is C36H43ClN8O2. The monoisotopic (exact) mass is 654 g/mol. The second-order valence-electron chi connectivity index (χ2n) is 13.4. The molecule has 2 aromatic heterocycles. The van der Waals surface area contributed by atoms with Gasteiger partial charge in [-0.15, -0.1) is 0 Å². The summed E-state index contributed by atoms with van der Waals surface area (Å²) in [6.07, 6.45) is 6.78. The number of aromatic nitrogens is 4. The Morgan fingerprint density at radius 3 is 2.17 bits per heavy atom. The van der Waals surface area contributed by atoms with E-state index in [2.05, 4.69) is 32.8 Å². The lowest BCUT2D eigenvalue weighted by atomic mass is 9.86. The lowest BCUT2D eigenvalue weighted by Crippen LogP contribution is -2.41. The molecule has 2 aliphatic heterocycles. The topological polar surface area (TPSA) is 109 Å². The molecule has 7 rings (SSSR count). The third-order valence-corrected chi connectivity index (χ3v) is 10.8. The zero-order valence-corrected chi connectivity index (χ0v) is 28.4. The molecule has 1 fully saturated rings. The lowest BCUT2D eigenvalue weighted by molar-refractivity contribution is 0.100. The largest absolute Gasteiger partial charge is 0.327 e. The highest BCUT2D eigenvalue weighted by atomic mass is 35.5. The fraction of sp³-hybridized carbons (Fsp3) is 0.444. The van der Waals surface area contributed by atoms with Crippen LogP contribution in [0, 0.1) is 12.8 Å². The van der Waals surface area contributed by atoms with Gasteiger partial charge in [-0.3, -0.25) is 14.5 Å². The minimum absolute atomic E-state index is 0.261. The molecule has 3 N–H and O–H groups in total. The first-order valence-electron chi connectivity index (χ1n) is 16.7. The summed E-state index contributed by atoms with van der Waals surface area (Å²) in [5, 5.41) is 9.83. The molecule has 47 heavy (non-hydrogen) atoms. The number of benzene rings is 2. The van der Waals surface area contributed by atoms with Gasteiger partial charge in [0.25, 0.3) is 11.8 Å². The predicted molar refractivity (Wildman–Crippen MR) is 185 cm³/mol. The fourth-order valence-corrected chi connectivity index (χ4v) is 7.86. The molecule has 0 radical (unpaired) electrons. The summed E-state index contributed by atoms with van der Waals surface area (Å²) in [5.41, 5.74) is 7.80. The van der Waals surface area contributed by atoms with Crippen molar-refractivity contribution in [2.75, 3.05) is 23.7 Å². The van der Waals surface area contributed by atoms with Crippen LogP contribution in [-0.4, -0.2) is 54.9 Å². The number of nitrogens with one attached hydrogen (secondary N) is 3. The zero-order valence-electron chi connectivity index (χ0n) is 27.6. The summed E-state index contributed by atoms with van der Waals surface area (Å²) >= 11 is 6.98. The number of fused-ring (bicyclic) bond motifs is 2. The van der Waals surface area contributed by atoms with Crippen LogP contribution in [0.3, 0.4) is 0 Å². The van der Waals surface area contributed by atoms with Gasteiger partial charge in [-0.05, 0) is 61.8 Å². The second-order valence-corrected chi connectivity index (χ2v) is 13.8. The molecular weight excluding hydrogens is 612 g/mol. The van der Waals surface area contributed by atoms with Gasteiger partial charge in [0.2, 0.25) is 0 Å². The Balaban J connectivity index is 1.08. The Bertz CT molecular complexity index is 1850. The molecule has 246 valence electrons. The molecule has 4 heterocycles. The van der Waals surface area contributed by atoms with Crippen LogP contribution in [0.5, 0.6) is 0 Å². The van der Waals surface area contributed by atoms with Crippen molar-refractivity contribution in [2.24, 2.45) is 20.0 Å². The summed E-state index contributed by atoms with van der Waals surface area (Å²) in [6, 6.07) is 11.9. The van der Waals surface area contributed by atoms with Crippen molar-refractivity contribution < 1.29 is 9.59 Å². The van der Waals surface area contributed by atoms with Gasteiger partial charge in [0.1, 0.15) is 0 Å². The first-order valence-corrected chi connectivity index (χ1v) is 17.1. The number of amides is 2. The highest BCUT2D eigenvalue weighted by molar-refractivity contribution is 6.36. The van der Waals surface area contributed by atoms with Crippen LogP contribution < -0.4 is 16.0 Å². The van der Waals surface area contributed by atoms with E-state index in [9.17, 15) is 9.59 Å². The molecule has 0 unspecified atom stereocenters. The van der Waals surface area contributed by atoms with Gasteiger partial charge in [-0.25, -0.2) is 9.97 Å². The average Bonchev–Trinajstić information content (AvgIpc) is 3.59. The Morgan fingerprint density at radius 2 is 1.47 bits per heavy atom. The Kier molecular flexibility index (Phi) is 8.67. The SMILES string of the molecule is Cc1c(NC(=O)c2nc3c(n2C)CCNC3)cccc1-c1cccc(NC(=O)c2nc3c(n2C)CCN(C2CCC(C)CC2)C3)c1Cl. The number of rotatable bonds is 6. The molecule has 2 aromatic carbocycles. The predicted octanol–water partition coefficient (Wildman–Crippen LogP) is 5.87. The Labute approximate surface area is 280 Å². The summed E-state index contributed by atoms with van der Waals surface area (Å²) in [6.45, 7) is 7.63. The molecule has 0 spiro atoms. The molecule has 0 atom stereocenters. The number of hydrogen-bond acceptors (Lipinski definition) is 6. The molecule has 1 saturated carbocycles. The van der Waals surface area contributed by atoms with Gasteiger partial charge in [0, 0.05) is 81.8 Å². The van der Waals surface area contributed by atoms with Crippen molar-refractivity contribution in [3.05, 3.63) is 81.4 Å². The lowest BCUT2D eigenvalue weighted by Gasteiger charge is -2.38. The first kappa shape index (κ1) is 31.6. The quantitative estimate of drug-likeness (QED) is 0.240. The molecule has 10 nitrogen and oxygen atoms in total. The van der Waals surface area contributed by atoms with E-state index in [0.29, 0.717) is 40.6 Å². The average molecular weight is 655 g/mol. The smallest absolute Gasteiger partial charge is 0.291 e. The minimum atomic E-state index is -0.287. The van der Waals surface area contributed by atoms with Gasteiger partial charge in [0.05, 0.1) is 22.1 Å². The molecule has 3 aliphatic rings. The van der Waals surface area contributed by atoms with Crippen molar-refractivity contribution in [3.63, 3.8) is 0 Å². The van der Waals surface area contributed by atoms with E-state index in [4.69, 9.17) is 16.6 Å². The standard InChI is InChI=1S/C36H43ClN8O2/c1-21-11-13-23(14-12-21)45-18-16-31-29(20-45)40-34(44(31)4)36(47)42-27-10-6-8-25(32(27)37)24-7-5-9-26(22(24)2)41-35(46)33-39-28-19-38-17-15-30(28)43(33)3/h5-10,21,23,38H,11-20H2,1-4H3,(H,41,46)(H,42,47). The Hall–Kier alpha value is -3.99. The number of imidazole rings is 2. The van der Waals surface area contributed by atoms with Gasteiger partial charge in [-0.2, -0.15) is 0 Å². The van der Waals surface area contributed by atoms with E-state index in [1.165, 1.54) is 25.7 Å². The van der Waals surface area contributed by atoms with Crippen molar-refractivity contribution in [2.45, 2.75) is 71.5 Å². The molecule has 0 saturated heterocycles. The normalized spacial score (nSPS) is 19.6. The van der Waals surface area contributed by atoms with E-state index in [0.717, 1.165) is 77.9 Å². The van der Waals surface area contributed by atoms with Gasteiger partial charge in [-0.1, -0.05) is 42.8 Å². The summed E-state index contributed by atoms with van der Waals surface area (Å²) in [5.74, 6) is 1.05. The summed E-state index contributed by atoms with van der Waals surface area (Å²) in [7, 11) is 3.82. The summed E-state index contributed by atoms with van der Waals surface area (Å²) in [4.78, 5) is 39.0. The van der Waals surface area contributed by atoms with Crippen LogP contribution in [0.4, 0.5) is 11.4 Å². The van der Waals surface area contributed by atoms with Crippen molar-refractivity contribution in [3.8, 4) is 11.1 Å². The molecule has 2 amide bonds. The van der Waals surface area contributed by atoms with E-state index in [-0.39, 0.29) is 11.8 Å². The Morgan fingerprint density at radius 1 is 0.851 bits per heavy atom. The highest BCUT2D eigenvalue weighted by Crippen LogP contribution is 2.38. The van der Waals surface area contributed by atoms with Crippen LogP contribution in [0.1, 0.15) is 82.2 Å². The van der Waals surface area contributed by atoms with Gasteiger partial charge in [0.15, 0.2) is 11.6 Å². The second kappa shape index (κ2) is 12.9. The number of carbonyl (C=O) groups excluding carboxylic acids is 2. The van der Waals surface area contributed by atoms with Crippen molar-refractivity contribution in [1.82, 2.24) is 29.3 Å². The van der Waals surface area contributed by atoms with E-state index >= 15 is 0 Å². The number of halogens is 1. The molecule has 4 aromatic rings. The third-order valence-electron chi connectivity index (χ3n) is 10.4. The molecule has 0 bridgehead atoms. The van der Waals surface area contributed by atoms with Crippen LogP contribution in [0.25, 0.3) is 11.1 Å². The van der Waals surface area contributed by atoms with Gasteiger partial charge < -0.3 is 25.1 Å². The number of carbonyl (C=O) groups is 2. The number of nitrogens with zero attached hydrogens (tertiary/aromatic N) is 5. The summed E-state index contributed by atoms with van der Waals surface area (Å²) < 4.78 is 3.83. The van der Waals surface area contributed by atoms with Crippen LogP contribution in [-0.2, 0) is 40.0 Å². The maximum absolute atomic E-state index is 13.6. The van der Waals surface area contributed by atoms with Crippen molar-refractivity contribution in [1.29, 1.82) is 0 Å². The maximum Gasteiger partial charge on any atom is 0.291 e. The van der Waals surface area contributed by atoms with Crippen LogP contribution in [0.15, 0.2) is 36.4 Å².